The Morgan fingerprint density at radius 2 is 2.10 bits per heavy atom. The molecular formula is C16H20N2O2. The third-order valence-electron chi connectivity index (χ3n) is 4.26. The number of carbonyl (C=O) groups is 1. The van der Waals surface area contributed by atoms with Crippen LogP contribution in [0.25, 0.3) is 11.0 Å². The smallest absolute Gasteiger partial charge is 0.255 e. The third kappa shape index (κ3) is 2.43. The Kier molecular flexibility index (Phi) is 3.74. The minimum absolute atomic E-state index is 0.0682. The summed E-state index contributed by atoms with van der Waals surface area (Å²) >= 11 is 0. The van der Waals surface area contributed by atoms with Crippen LogP contribution in [0.1, 0.15) is 36.0 Å². The van der Waals surface area contributed by atoms with Crippen LogP contribution in [0.5, 0.6) is 0 Å². The third-order valence-corrected chi connectivity index (χ3v) is 4.26. The lowest BCUT2D eigenvalue weighted by Crippen LogP contribution is -2.44. The van der Waals surface area contributed by atoms with Crippen molar-refractivity contribution in [2.75, 3.05) is 6.54 Å². The quantitative estimate of drug-likeness (QED) is 0.899. The molecule has 1 atom stereocenters. The summed E-state index contributed by atoms with van der Waals surface area (Å²) in [6.45, 7) is 0.492. The van der Waals surface area contributed by atoms with Crippen molar-refractivity contribution in [1.29, 1.82) is 0 Å². The second-order valence-electron chi connectivity index (χ2n) is 5.51. The zero-order valence-electron chi connectivity index (χ0n) is 11.5. The van der Waals surface area contributed by atoms with Crippen molar-refractivity contribution < 1.29 is 9.21 Å². The molecule has 0 radical (unpaired) electrons. The molecule has 4 nitrogen and oxygen atoms in total. The van der Waals surface area contributed by atoms with Crippen molar-refractivity contribution in [3.05, 3.63) is 36.1 Å². The molecule has 1 aromatic heterocycles. The molecule has 20 heavy (non-hydrogen) atoms. The van der Waals surface area contributed by atoms with Crippen LogP contribution >= 0.6 is 0 Å². The molecule has 1 aliphatic rings. The molecule has 1 heterocycles. The number of benzene rings is 1. The average Bonchev–Trinajstić information content (AvgIpc) is 3.13. The number of amides is 1. The van der Waals surface area contributed by atoms with Crippen LogP contribution < -0.4 is 11.1 Å². The molecule has 4 heteroatoms. The minimum atomic E-state index is -0.0858. The summed E-state index contributed by atoms with van der Waals surface area (Å²) in [6, 6.07) is 7.64. The molecule has 1 amide bonds. The first kappa shape index (κ1) is 13.2. The van der Waals surface area contributed by atoms with E-state index in [1.807, 2.05) is 24.3 Å². The molecule has 1 aromatic carbocycles. The van der Waals surface area contributed by atoms with E-state index >= 15 is 0 Å². The zero-order chi connectivity index (χ0) is 13.9. The van der Waals surface area contributed by atoms with Crippen molar-refractivity contribution in [3.63, 3.8) is 0 Å². The predicted molar refractivity (Wildman–Crippen MR) is 78.5 cm³/mol. The fraction of sp³-hybridized carbons (Fsp3) is 0.438. The monoisotopic (exact) mass is 272 g/mol. The van der Waals surface area contributed by atoms with Gasteiger partial charge in [0.15, 0.2) is 0 Å². The number of furan rings is 1. The van der Waals surface area contributed by atoms with Gasteiger partial charge in [-0.2, -0.15) is 0 Å². The summed E-state index contributed by atoms with van der Waals surface area (Å²) in [7, 11) is 0. The van der Waals surface area contributed by atoms with Gasteiger partial charge in [-0.05, 0) is 24.8 Å². The molecule has 2 aromatic rings. The standard InChI is InChI=1S/C16H20N2O2/c17-9-14(11-5-1-2-6-11)18-16(19)13-10-20-15-8-4-3-7-12(13)15/h3-4,7-8,10-11,14H,1-2,5-6,9,17H2,(H,18,19). The fourth-order valence-electron chi connectivity index (χ4n) is 3.13. The Morgan fingerprint density at radius 1 is 1.35 bits per heavy atom. The molecule has 1 fully saturated rings. The molecule has 1 aliphatic carbocycles. The van der Waals surface area contributed by atoms with E-state index in [-0.39, 0.29) is 11.9 Å². The fourth-order valence-corrected chi connectivity index (χ4v) is 3.13. The van der Waals surface area contributed by atoms with E-state index < -0.39 is 0 Å². The maximum atomic E-state index is 12.4. The molecule has 0 saturated heterocycles. The van der Waals surface area contributed by atoms with Crippen molar-refractivity contribution in [2.24, 2.45) is 11.7 Å². The molecule has 3 rings (SSSR count). The van der Waals surface area contributed by atoms with E-state index in [4.69, 9.17) is 10.2 Å². The van der Waals surface area contributed by atoms with E-state index in [0.717, 1.165) is 23.8 Å². The number of fused-ring (bicyclic) bond motifs is 1. The van der Waals surface area contributed by atoms with E-state index in [9.17, 15) is 4.79 Å². The van der Waals surface area contributed by atoms with Gasteiger partial charge in [-0.1, -0.05) is 31.0 Å². The van der Waals surface area contributed by atoms with Crippen molar-refractivity contribution in [1.82, 2.24) is 5.32 Å². The van der Waals surface area contributed by atoms with Crippen LogP contribution in [0.4, 0.5) is 0 Å². The highest BCUT2D eigenvalue weighted by Crippen LogP contribution is 2.28. The molecule has 0 bridgehead atoms. The molecule has 0 aliphatic heterocycles. The van der Waals surface area contributed by atoms with Gasteiger partial charge in [-0.3, -0.25) is 4.79 Å². The lowest BCUT2D eigenvalue weighted by Gasteiger charge is -2.22. The van der Waals surface area contributed by atoms with E-state index in [1.54, 1.807) is 0 Å². The highest BCUT2D eigenvalue weighted by atomic mass is 16.3. The lowest BCUT2D eigenvalue weighted by molar-refractivity contribution is 0.0925. The second-order valence-corrected chi connectivity index (χ2v) is 5.51. The van der Waals surface area contributed by atoms with Gasteiger partial charge < -0.3 is 15.5 Å². The highest BCUT2D eigenvalue weighted by Gasteiger charge is 2.26. The van der Waals surface area contributed by atoms with Gasteiger partial charge in [0.05, 0.1) is 5.56 Å². The van der Waals surface area contributed by atoms with E-state index in [1.165, 1.54) is 19.1 Å². The van der Waals surface area contributed by atoms with Crippen LogP contribution in [0.3, 0.4) is 0 Å². The second kappa shape index (κ2) is 5.67. The highest BCUT2D eigenvalue weighted by molar-refractivity contribution is 6.06. The van der Waals surface area contributed by atoms with E-state index in [2.05, 4.69) is 5.32 Å². The van der Waals surface area contributed by atoms with Gasteiger partial charge >= 0.3 is 0 Å². The van der Waals surface area contributed by atoms with Gasteiger partial charge in [-0.15, -0.1) is 0 Å². The summed E-state index contributed by atoms with van der Waals surface area (Å²) in [5.41, 5.74) is 7.16. The first-order valence-corrected chi connectivity index (χ1v) is 7.26. The largest absolute Gasteiger partial charge is 0.463 e. The molecule has 1 unspecified atom stereocenters. The number of nitrogens with two attached hydrogens (primary N) is 1. The van der Waals surface area contributed by atoms with Crippen LogP contribution in [0.2, 0.25) is 0 Å². The maximum absolute atomic E-state index is 12.4. The summed E-state index contributed by atoms with van der Waals surface area (Å²) < 4.78 is 5.42. The number of hydrogen-bond acceptors (Lipinski definition) is 3. The van der Waals surface area contributed by atoms with Crippen LogP contribution in [-0.4, -0.2) is 18.5 Å². The molecule has 106 valence electrons. The minimum Gasteiger partial charge on any atom is -0.463 e. The Labute approximate surface area is 118 Å². The maximum Gasteiger partial charge on any atom is 0.255 e. The molecule has 1 saturated carbocycles. The van der Waals surface area contributed by atoms with Gasteiger partial charge in [-0.25, -0.2) is 0 Å². The molecular weight excluding hydrogens is 252 g/mol. The zero-order valence-corrected chi connectivity index (χ0v) is 11.5. The van der Waals surface area contributed by atoms with Gasteiger partial charge in [0.25, 0.3) is 5.91 Å². The number of rotatable bonds is 4. The number of hydrogen-bond donors (Lipinski definition) is 2. The Balaban J connectivity index is 1.78. The van der Waals surface area contributed by atoms with Crippen molar-refractivity contribution in [2.45, 2.75) is 31.7 Å². The Hall–Kier alpha value is -1.81. The summed E-state index contributed by atoms with van der Waals surface area (Å²) in [4.78, 5) is 12.4. The van der Waals surface area contributed by atoms with Crippen molar-refractivity contribution >= 4 is 16.9 Å². The topological polar surface area (TPSA) is 68.3 Å². The van der Waals surface area contributed by atoms with Crippen molar-refractivity contribution in [3.8, 4) is 0 Å². The van der Waals surface area contributed by atoms with Gasteiger partial charge in [0.2, 0.25) is 0 Å². The lowest BCUT2D eigenvalue weighted by atomic mass is 9.98. The number of nitrogens with one attached hydrogen (secondary N) is 1. The van der Waals surface area contributed by atoms with Crippen LogP contribution in [-0.2, 0) is 0 Å². The first-order valence-electron chi connectivity index (χ1n) is 7.26. The van der Waals surface area contributed by atoms with Crippen LogP contribution in [0.15, 0.2) is 34.9 Å². The predicted octanol–water partition coefficient (Wildman–Crippen LogP) is 2.68. The normalized spacial score (nSPS) is 17.4. The Bertz CT molecular complexity index is 599. The first-order chi connectivity index (χ1) is 9.79. The number of para-hydroxylation sites is 1. The van der Waals surface area contributed by atoms with E-state index in [0.29, 0.717) is 18.0 Å². The number of carbonyl (C=O) groups excluding carboxylic acids is 1. The SMILES string of the molecule is NCC(NC(=O)c1coc2ccccc12)C1CCCC1. The summed E-state index contributed by atoms with van der Waals surface area (Å²) in [6.07, 6.45) is 6.34. The average molecular weight is 272 g/mol. The summed E-state index contributed by atoms with van der Waals surface area (Å²) in [5.74, 6) is 0.430. The Morgan fingerprint density at radius 3 is 2.85 bits per heavy atom. The van der Waals surface area contributed by atoms with Gasteiger partial charge in [0, 0.05) is 18.0 Å². The van der Waals surface area contributed by atoms with Crippen LogP contribution in [0, 0.1) is 5.92 Å². The molecule has 3 N–H and O–H groups in total. The molecule has 0 spiro atoms. The summed E-state index contributed by atoms with van der Waals surface area (Å²) in [5, 5.41) is 3.93. The van der Waals surface area contributed by atoms with Gasteiger partial charge in [0.1, 0.15) is 11.8 Å².